The molecule has 100 valence electrons. The summed E-state index contributed by atoms with van der Waals surface area (Å²) in [7, 11) is 0. The number of thiazole rings is 1. The Kier molecular flexibility index (Phi) is 3.43. The summed E-state index contributed by atoms with van der Waals surface area (Å²) in [6.07, 6.45) is 6.27. The van der Waals surface area contributed by atoms with Crippen LogP contribution in [0, 0.1) is 0 Å². The van der Waals surface area contributed by atoms with Crippen molar-refractivity contribution in [1.29, 1.82) is 0 Å². The second kappa shape index (κ2) is 4.91. The van der Waals surface area contributed by atoms with E-state index in [1.54, 1.807) is 0 Å². The van der Waals surface area contributed by atoms with Crippen LogP contribution in [0.15, 0.2) is 0 Å². The van der Waals surface area contributed by atoms with Crippen molar-refractivity contribution in [2.75, 3.05) is 13.2 Å². The highest BCUT2D eigenvalue weighted by atomic mass is 32.1. The number of aromatic nitrogens is 1. The Morgan fingerprint density at radius 2 is 2.28 bits per heavy atom. The lowest BCUT2D eigenvalue weighted by Crippen LogP contribution is -2.45. The van der Waals surface area contributed by atoms with Gasteiger partial charge in [0.05, 0.1) is 17.8 Å². The minimum Gasteiger partial charge on any atom is -0.379 e. The highest BCUT2D eigenvalue weighted by Gasteiger charge is 2.37. The Morgan fingerprint density at radius 3 is 2.94 bits per heavy atom. The molecule has 4 heteroatoms. The van der Waals surface area contributed by atoms with Crippen molar-refractivity contribution in [1.82, 2.24) is 10.3 Å². The van der Waals surface area contributed by atoms with Crippen LogP contribution < -0.4 is 5.32 Å². The van der Waals surface area contributed by atoms with Gasteiger partial charge in [0.1, 0.15) is 5.01 Å². The molecule has 1 N–H and O–H groups in total. The molecule has 1 heterocycles. The quantitative estimate of drug-likeness (QED) is 0.859. The van der Waals surface area contributed by atoms with Crippen LogP contribution in [0.1, 0.15) is 48.7 Å². The minimum atomic E-state index is -0.0911. The Labute approximate surface area is 113 Å². The fourth-order valence-electron chi connectivity index (χ4n) is 2.58. The molecule has 1 saturated carbocycles. The van der Waals surface area contributed by atoms with Crippen LogP contribution in [-0.2, 0) is 23.1 Å². The fraction of sp³-hybridized carbons (Fsp3) is 0.786. The Bertz CT molecular complexity index is 406. The zero-order valence-corrected chi connectivity index (χ0v) is 12.1. The highest BCUT2D eigenvalue weighted by Crippen LogP contribution is 2.35. The first-order valence-corrected chi connectivity index (χ1v) is 7.87. The van der Waals surface area contributed by atoms with Crippen molar-refractivity contribution < 1.29 is 4.74 Å². The van der Waals surface area contributed by atoms with E-state index in [0.29, 0.717) is 6.04 Å². The van der Waals surface area contributed by atoms with Crippen molar-refractivity contribution in [3.63, 3.8) is 0 Å². The monoisotopic (exact) mass is 266 g/mol. The van der Waals surface area contributed by atoms with Crippen LogP contribution in [0.25, 0.3) is 0 Å². The highest BCUT2D eigenvalue weighted by molar-refractivity contribution is 7.12. The number of hydrogen-bond acceptors (Lipinski definition) is 4. The molecule has 0 saturated heterocycles. The van der Waals surface area contributed by atoms with Gasteiger partial charge >= 0.3 is 0 Å². The maximum absolute atomic E-state index is 5.69. The van der Waals surface area contributed by atoms with E-state index in [2.05, 4.69) is 19.2 Å². The standard InChI is InChI=1S/C14H22N2OS/c1-3-17-9-14(2,16-10-7-8-10)13-15-11-5-4-6-12(11)18-13/h10,16H,3-9H2,1-2H3. The van der Waals surface area contributed by atoms with Gasteiger partial charge in [-0.05, 0) is 46.0 Å². The lowest BCUT2D eigenvalue weighted by Gasteiger charge is -2.28. The number of aryl methyl sites for hydroxylation is 2. The molecule has 1 fully saturated rings. The normalized spacial score (nSPS) is 21.9. The Hall–Kier alpha value is -0.450. The summed E-state index contributed by atoms with van der Waals surface area (Å²) in [5.41, 5.74) is 1.25. The van der Waals surface area contributed by atoms with Gasteiger partial charge in [0.2, 0.25) is 0 Å². The third-order valence-electron chi connectivity index (χ3n) is 3.76. The predicted molar refractivity (Wildman–Crippen MR) is 74.1 cm³/mol. The second-order valence-electron chi connectivity index (χ2n) is 5.63. The molecule has 2 aliphatic carbocycles. The van der Waals surface area contributed by atoms with E-state index in [9.17, 15) is 0 Å². The molecule has 0 spiro atoms. The molecular weight excluding hydrogens is 244 g/mol. The van der Waals surface area contributed by atoms with Gasteiger partial charge < -0.3 is 10.1 Å². The molecule has 0 aromatic carbocycles. The summed E-state index contributed by atoms with van der Waals surface area (Å²) in [4.78, 5) is 6.38. The first-order chi connectivity index (χ1) is 8.71. The number of nitrogens with one attached hydrogen (secondary N) is 1. The van der Waals surface area contributed by atoms with Crippen LogP contribution in [0.3, 0.4) is 0 Å². The van der Waals surface area contributed by atoms with Gasteiger partial charge in [-0.1, -0.05) is 0 Å². The van der Waals surface area contributed by atoms with Crippen molar-refractivity contribution >= 4 is 11.3 Å². The largest absolute Gasteiger partial charge is 0.379 e. The first kappa shape index (κ1) is 12.6. The molecule has 18 heavy (non-hydrogen) atoms. The Balaban J connectivity index is 1.81. The van der Waals surface area contributed by atoms with Crippen molar-refractivity contribution in [2.45, 2.75) is 57.5 Å². The summed E-state index contributed by atoms with van der Waals surface area (Å²) in [5.74, 6) is 0. The average molecular weight is 266 g/mol. The third kappa shape index (κ3) is 2.46. The van der Waals surface area contributed by atoms with Crippen molar-refractivity contribution in [3.8, 4) is 0 Å². The van der Waals surface area contributed by atoms with Crippen LogP contribution in [-0.4, -0.2) is 24.2 Å². The number of hydrogen-bond donors (Lipinski definition) is 1. The molecular formula is C14H22N2OS. The van der Waals surface area contributed by atoms with Gasteiger partial charge in [-0.25, -0.2) is 4.98 Å². The lowest BCUT2D eigenvalue weighted by atomic mass is 10.0. The molecule has 0 radical (unpaired) electrons. The maximum Gasteiger partial charge on any atom is 0.115 e. The summed E-state index contributed by atoms with van der Waals surface area (Å²) >= 11 is 1.90. The van der Waals surface area contributed by atoms with E-state index in [1.807, 2.05) is 11.3 Å². The summed E-state index contributed by atoms with van der Waals surface area (Å²) in [6, 6.07) is 0.675. The molecule has 0 aliphatic heterocycles. The summed E-state index contributed by atoms with van der Waals surface area (Å²) < 4.78 is 5.69. The van der Waals surface area contributed by atoms with Crippen LogP contribution in [0.4, 0.5) is 0 Å². The van der Waals surface area contributed by atoms with Gasteiger partial charge in [-0.3, -0.25) is 0 Å². The van der Waals surface area contributed by atoms with Gasteiger partial charge in [-0.2, -0.15) is 0 Å². The number of ether oxygens (including phenoxy) is 1. The Morgan fingerprint density at radius 1 is 1.44 bits per heavy atom. The molecule has 1 aromatic heterocycles. The van der Waals surface area contributed by atoms with E-state index in [0.717, 1.165) is 13.2 Å². The zero-order valence-electron chi connectivity index (χ0n) is 11.3. The fourth-order valence-corrected chi connectivity index (χ4v) is 3.82. The number of rotatable bonds is 6. The van der Waals surface area contributed by atoms with E-state index >= 15 is 0 Å². The topological polar surface area (TPSA) is 34.1 Å². The van der Waals surface area contributed by atoms with Crippen LogP contribution >= 0.6 is 11.3 Å². The third-order valence-corrected chi connectivity index (χ3v) is 5.18. The van der Waals surface area contributed by atoms with Crippen LogP contribution in [0.2, 0.25) is 0 Å². The molecule has 2 aliphatic rings. The van der Waals surface area contributed by atoms with E-state index in [4.69, 9.17) is 9.72 Å². The molecule has 0 amide bonds. The van der Waals surface area contributed by atoms with E-state index < -0.39 is 0 Å². The SMILES string of the molecule is CCOCC(C)(NC1CC1)c1nc2c(s1)CCC2. The first-order valence-electron chi connectivity index (χ1n) is 7.06. The van der Waals surface area contributed by atoms with E-state index in [1.165, 1.54) is 47.7 Å². The van der Waals surface area contributed by atoms with Crippen molar-refractivity contribution in [2.24, 2.45) is 0 Å². The van der Waals surface area contributed by atoms with Gasteiger partial charge in [0.25, 0.3) is 0 Å². The molecule has 3 rings (SSSR count). The maximum atomic E-state index is 5.69. The number of fused-ring (bicyclic) bond motifs is 1. The van der Waals surface area contributed by atoms with Gasteiger partial charge in [0, 0.05) is 17.5 Å². The number of nitrogens with zero attached hydrogens (tertiary/aromatic N) is 1. The van der Waals surface area contributed by atoms with Gasteiger partial charge in [-0.15, -0.1) is 11.3 Å². The molecule has 1 atom stereocenters. The molecule has 1 aromatic rings. The minimum absolute atomic E-state index is 0.0911. The predicted octanol–water partition coefficient (Wildman–Crippen LogP) is 2.64. The molecule has 1 unspecified atom stereocenters. The molecule has 3 nitrogen and oxygen atoms in total. The van der Waals surface area contributed by atoms with Crippen molar-refractivity contribution in [3.05, 3.63) is 15.6 Å². The zero-order chi connectivity index (χ0) is 12.6. The molecule has 0 bridgehead atoms. The van der Waals surface area contributed by atoms with E-state index in [-0.39, 0.29) is 5.54 Å². The average Bonchev–Trinajstić information content (AvgIpc) is 2.89. The van der Waals surface area contributed by atoms with Gasteiger partial charge in [0.15, 0.2) is 0 Å². The lowest BCUT2D eigenvalue weighted by molar-refractivity contribution is 0.0819. The summed E-state index contributed by atoms with van der Waals surface area (Å²) in [5, 5.41) is 4.96. The second-order valence-corrected chi connectivity index (χ2v) is 6.71. The van der Waals surface area contributed by atoms with Crippen LogP contribution in [0.5, 0.6) is 0 Å². The smallest absolute Gasteiger partial charge is 0.115 e. The summed E-state index contributed by atoms with van der Waals surface area (Å²) in [6.45, 7) is 5.80.